The van der Waals surface area contributed by atoms with Crippen LogP contribution in [0.5, 0.6) is 0 Å². The zero-order valence-corrected chi connectivity index (χ0v) is 11.8. The number of pyridine rings is 1. The van der Waals surface area contributed by atoms with Crippen molar-refractivity contribution in [3.05, 3.63) is 24.0 Å². The number of hydrogen-bond acceptors (Lipinski definition) is 4. The van der Waals surface area contributed by atoms with Crippen molar-refractivity contribution in [2.75, 3.05) is 31.6 Å². The molecule has 0 spiro atoms. The highest BCUT2D eigenvalue weighted by molar-refractivity contribution is 5.93. The molecule has 0 fully saturated rings. The zero-order chi connectivity index (χ0) is 14.3. The smallest absolute Gasteiger partial charge is 0.272 e. The van der Waals surface area contributed by atoms with Crippen LogP contribution in [0.3, 0.4) is 0 Å². The minimum Gasteiger partial charge on any atom is -0.373 e. The zero-order valence-electron chi connectivity index (χ0n) is 11.8. The summed E-state index contributed by atoms with van der Waals surface area (Å²) in [4.78, 5) is 20.0. The lowest BCUT2D eigenvalue weighted by atomic mass is 10.2. The molecule has 1 aromatic heterocycles. The van der Waals surface area contributed by atoms with E-state index in [9.17, 15) is 4.79 Å². The van der Waals surface area contributed by atoms with E-state index in [2.05, 4.69) is 11.1 Å². The second-order valence-corrected chi connectivity index (χ2v) is 4.21. The highest BCUT2D eigenvalue weighted by Gasteiger charge is 2.14. The van der Waals surface area contributed by atoms with Crippen molar-refractivity contribution in [3.63, 3.8) is 0 Å². The standard InChI is InChI=1S/C14H20N4O/c1-4-18(5-2)14(19)13-11-12(7-9-16-13)17(3)10-6-8-15/h7,9,11H,4-6,10H2,1-3H3. The number of anilines is 1. The normalized spacial score (nSPS) is 9.79. The Morgan fingerprint density at radius 1 is 1.42 bits per heavy atom. The average Bonchev–Trinajstić information content (AvgIpc) is 2.46. The Balaban J connectivity index is 2.88. The van der Waals surface area contributed by atoms with E-state index in [-0.39, 0.29) is 5.91 Å². The third kappa shape index (κ3) is 3.95. The van der Waals surface area contributed by atoms with Crippen molar-refractivity contribution in [1.29, 1.82) is 5.26 Å². The predicted molar refractivity (Wildman–Crippen MR) is 75.0 cm³/mol. The maximum Gasteiger partial charge on any atom is 0.272 e. The van der Waals surface area contributed by atoms with Crippen LogP contribution in [0.2, 0.25) is 0 Å². The summed E-state index contributed by atoms with van der Waals surface area (Å²) in [6.07, 6.45) is 2.09. The Morgan fingerprint density at radius 2 is 2.11 bits per heavy atom. The summed E-state index contributed by atoms with van der Waals surface area (Å²) in [7, 11) is 1.90. The fraction of sp³-hybridized carbons (Fsp3) is 0.500. The number of hydrogen-bond donors (Lipinski definition) is 0. The molecule has 0 aliphatic heterocycles. The van der Waals surface area contributed by atoms with E-state index in [1.54, 1.807) is 17.2 Å². The van der Waals surface area contributed by atoms with Gasteiger partial charge in [-0.25, -0.2) is 0 Å². The van der Waals surface area contributed by atoms with E-state index in [4.69, 9.17) is 5.26 Å². The topological polar surface area (TPSA) is 60.2 Å². The first kappa shape index (κ1) is 15.0. The minimum absolute atomic E-state index is 0.0551. The van der Waals surface area contributed by atoms with Crippen molar-refractivity contribution in [3.8, 4) is 6.07 Å². The molecule has 1 amide bonds. The number of rotatable bonds is 6. The highest BCUT2D eigenvalue weighted by Crippen LogP contribution is 2.14. The third-order valence-electron chi connectivity index (χ3n) is 3.01. The molecule has 0 bridgehead atoms. The molecule has 19 heavy (non-hydrogen) atoms. The molecule has 0 saturated heterocycles. The van der Waals surface area contributed by atoms with Crippen LogP contribution in [0.1, 0.15) is 30.8 Å². The van der Waals surface area contributed by atoms with Gasteiger partial charge in [-0.3, -0.25) is 9.78 Å². The maximum absolute atomic E-state index is 12.2. The van der Waals surface area contributed by atoms with Crippen molar-refractivity contribution >= 4 is 11.6 Å². The maximum atomic E-state index is 12.2. The Hall–Kier alpha value is -2.09. The molecule has 102 valence electrons. The quantitative estimate of drug-likeness (QED) is 0.784. The van der Waals surface area contributed by atoms with Crippen molar-refractivity contribution < 1.29 is 4.79 Å². The summed E-state index contributed by atoms with van der Waals surface area (Å²) in [6, 6.07) is 5.73. The lowest BCUT2D eigenvalue weighted by Crippen LogP contribution is -2.31. The van der Waals surface area contributed by atoms with E-state index in [0.29, 0.717) is 31.7 Å². The van der Waals surface area contributed by atoms with Gasteiger partial charge in [0.25, 0.3) is 5.91 Å². The molecule has 0 N–H and O–H groups in total. The van der Waals surface area contributed by atoms with Crippen LogP contribution in [0, 0.1) is 11.3 Å². The van der Waals surface area contributed by atoms with E-state index in [1.165, 1.54) is 0 Å². The summed E-state index contributed by atoms with van der Waals surface area (Å²) in [5, 5.41) is 8.59. The number of aromatic nitrogens is 1. The van der Waals surface area contributed by atoms with Gasteiger partial charge >= 0.3 is 0 Å². The fourth-order valence-electron chi connectivity index (χ4n) is 1.79. The Bertz CT molecular complexity index is 463. The molecule has 0 saturated carbocycles. The van der Waals surface area contributed by atoms with Crippen molar-refractivity contribution in [2.24, 2.45) is 0 Å². The molecule has 0 unspecified atom stereocenters. The largest absolute Gasteiger partial charge is 0.373 e. The van der Waals surface area contributed by atoms with E-state index >= 15 is 0 Å². The second kappa shape index (κ2) is 7.37. The van der Waals surface area contributed by atoms with Gasteiger partial charge in [0.1, 0.15) is 5.69 Å². The van der Waals surface area contributed by atoms with Crippen molar-refractivity contribution in [1.82, 2.24) is 9.88 Å². The molecule has 0 aliphatic carbocycles. The van der Waals surface area contributed by atoms with Crippen LogP contribution in [-0.4, -0.2) is 42.5 Å². The third-order valence-corrected chi connectivity index (χ3v) is 3.01. The average molecular weight is 260 g/mol. The van der Waals surface area contributed by atoms with Gasteiger partial charge < -0.3 is 9.80 Å². The molecular formula is C14H20N4O. The van der Waals surface area contributed by atoms with Crippen LogP contribution in [0.25, 0.3) is 0 Å². The van der Waals surface area contributed by atoms with Gasteiger partial charge in [0.15, 0.2) is 0 Å². The molecule has 0 aliphatic rings. The van der Waals surface area contributed by atoms with E-state index < -0.39 is 0 Å². The minimum atomic E-state index is -0.0551. The van der Waals surface area contributed by atoms with E-state index in [0.717, 1.165) is 5.69 Å². The lowest BCUT2D eigenvalue weighted by Gasteiger charge is -2.20. The van der Waals surface area contributed by atoms with Gasteiger partial charge in [-0.2, -0.15) is 5.26 Å². The SMILES string of the molecule is CCN(CC)C(=O)c1cc(N(C)CCC#N)ccn1. The van der Waals surface area contributed by atoms with Gasteiger partial charge in [-0.1, -0.05) is 0 Å². The fourth-order valence-corrected chi connectivity index (χ4v) is 1.79. The van der Waals surface area contributed by atoms with Gasteiger partial charge in [0, 0.05) is 38.6 Å². The van der Waals surface area contributed by atoms with Gasteiger partial charge in [0.05, 0.1) is 12.5 Å². The monoisotopic (exact) mass is 260 g/mol. The Kier molecular flexibility index (Phi) is 5.80. The van der Waals surface area contributed by atoms with Gasteiger partial charge in [-0.05, 0) is 26.0 Å². The molecule has 5 nitrogen and oxygen atoms in total. The predicted octanol–water partition coefficient (Wildman–Crippen LogP) is 1.91. The summed E-state index contributed by atoms with van der Waals surface area (Å²) in [5.41, 5.74) is 1.35. The molecule has 5 heteroatoms. The second-order valence-electron chi connectivity index (χ2n) is 4.21. The molecule has 1 heterocycles. The first-order valence-electron chi connectivity index (χ1n) is 6.47. The number of carbonyl (C=O) groups excluding carboxylic acids is 1. The van der Waals surface area contributed by atoms with Crippen LogP contribution in [-0.2, 0) is 0 Å². The molecule has 0 aromatic carbocycles. The first-order chi connectivity index (χ1) is 9.13. The summed E-state index contributed by atoms with van der Waals surface area (Å²) in [5.74, 6) is -0.0551. The number of amides is 1. The number of nitrogens with zero attached hydrogens (tertiary/aromatic N) is 4. The number of carbonyl (C=O) groups is 1. The summed E-state index contributed by atoms with van der Waals surface area (Å²) in [6.45, 7) is 5.88. The lowest BCUT2D eigenvalue weighted by molar-refractivity contribution is 0.0767. The Labute approximate surface area is 114 Å². The van der Waals surface area contributed by atoms with Crippen molar-refractivity contribution in [2.45, 2.75) is 20.3 Å². The highest BCUT2D eigenvalue weighted by atomic mass is 16.2. The van der Waals surface area contributed by atoms with E-state index in [1.807, 2.05) is 31.9 Å². The molecule has 0 radical (unpaired) electrons. The molecule has 0 atom stereocenters. The molecular weight excluding hydrogens is 240 g/mol. The van der Waals surface area contributed by atoms with Crippen LogP contribution < -0.4 is 4.90 Å². The summed E-state index contributed by atoms with van der Waals surface area (Å²) >= 11 is 0. The van der Waals surface area contributed by atoms with Gasteiger partial charge in [-0.15, -0.1) is 0 Å². The number of nitriles is 1. The van der Waals surface area contributed by atoms with Crippen LogP contribution in [0.15, 0.2) is 18.3 Å². The van der Waals surface area contributed by atoms with Gasteiger partial charge in [0.2, 0.25) is 0 Å². The summed E-state index contributed by atoms with van der Waals surface area (Å²) < 4.78 is 0. The van der Waals surface area contributed by atoms with Crippen LogP contribution in [0.4, 0.5) is 5.69 Å². The molecule has 1 rings (SSSR count). The first-order valence-corrected chi connectivity index (χ1v) is 6.47. The van der Waals surface area contributed by atoms with Crippen LogP contribution >= 0.6 is 0 Å². The Morgan fingerprint density at radius 3 is 2.68 bits per heavy atom. The molecule has 1 aromatic rings.